The predicted octanol–water partition coefficient (Wildman–Crippen LogP) is 4.22. The average molecular weight is 457 g/mol. The number of hydrogen-bond donors (Lipinski definition) is 0. The van der Waals surface area contributed by atoms with E-state index in [9.17, 15) is 9.59 Å². The highest BCUT2D eigenvalue weighted by Crippen LogP contribution is 2.29. The first-order valence-electron chi connectivity index (χ1n) is 11.8. The average Bonchev–Trinajstić information content (AvgIpc) is 3.19. The van der Waals surface area contributed by atoms with Crippen LogP contribution < -0.4 is 9.47 Å². The van der Waals surface area contributed by atoms with E-state index in [-0.39, 0.29) is 24.3 Å². The van der Waals surface area contributed by atoms with Gasteiger partial charge < -0.3 is 23.7 Å². The van der Waals surface area contributed by atoms with Gasteiger partial charge in [-0.1, -0.05) is 19.4 Å². The van der Waals surface area contributed by atoms with E-state index in [1.807, 2.05) is 44.2 Å². The number of benzene rings is 1. The Balaban J connectivity index is 1.72. The largest absolute Gasteiger partial charge is 0.493 e. The number of amides is 2. The molecule has 180 valence electrons. The lowest BCUT2D eigenvalue weighted by Gasteiger charge is -2.32. The van der Waals surface area contributed by atoms with Gasteiger partial charge in [0.15, 0.2) is 11.5 Å². The minimum atomic E-state index is -0.0642. The van der Waals surface area contributed by atoms with E-state index in [0.29, 0.717) is 37.6 Å². The van der Waals surface area contributed by atoms with Crippen molar-refractivity contribution in [3.05, 3.63) is 47.4 Å². The molecule has 0 atom stereocenters. The Labute approximate surface area is 196 Å². The normalized spacial score (nSPS) is 13.3. The van der Waals surface area contributed by atoms with Crippen LogP contribution in [0.4, 0.5) is 0 Å². The standard InChI is InChI=1S/C26H36N2O5/c1-5-14-28(26(30)21-7-6-8-21)18-25(29)27(17-22-11-9-19(2)33-22)15-13-20-10-12-23(31-3)24(16-20)32-4/h9-12,16,21H,5-8,13-15,17-18H2,1-4H3. The SMILES string of the molecule is CCCN(CC(=O)N(CCc1ccc(OC)c(OC)c1)Cc1ccc(C)o1)C(=O)C1CCC1. The summed E-state index contributed by atoms with van der Waals surface area (Å²) in [7, 11) is 3.22. The third-order valence-electron chi connectivity index (χ3n) is 6.20. The summed E-state index contributed by atoms with van der Waals surface area (Å²) >= 11 is 0. The fraction of sp³-hybridized carbons (Fsp3) is 0.538. The Kier molecular flexibility index (Phi) is 8.80. The number of ether oxygens (including phenoxy) is 2. The Morgan fingerprint density at radius 1 is 1.03 bits per heavy atom. The lowest BCUT2D eigenvalue weighted by atomic mass is 9.84. The van der Waals surface area contributed by atoms with Crippen molar-refractivity contribution in [2.45, 2.75) is 52.5 Å². The zero-order valence-electron chi connectivity index (χ0n) is 20.3. The third-order valence-corrected chi connectivity index (χ3v) is 6.20. The molecule has 0 bridgehead atoms. The second-order valence-corrected chi connectivity index (χ2v) is 8.65. The maximum absolute atomic E-state index is 13.4. The van der Waals surface area contributed by atoms with Crippen LogP contribution in [0.1, 0.15) is 49.7 Å². The molecule has 33 heavy (non-hydrogen) atoms. The van der Waals surface area contributed by atoms with Crippen molar-refractivity contribution in [1.82, 2.24) is 9.80 Å². The van der Waals surface area contributed by atoms with Gasteiger partial charge in [-0.2, -0.15) is 0 Å². The van der Waals surface area contributed by atoms with Crippen molar-refractivity contribution in [2.24, 2.45) is 5.92 Å². The second kappa shape index (κ2) is 11.8. The highest BCUT2D eigenvalue weighted by molar-refractivity contribution is 5.86. The monoisotopic (exact) mass is 456 g/mol. The molecular weight excluding hydrogens is 420 g/mol. The first kappa shape index (κ1) is 24.7. The Hall–Kier alpha value is -2.96. The molecule has 1 fully saturated rings. The van der Waals surface area contributed by atoms with Crippen molar-refractivity contribution in [3.63, 3.8) is 0 Å². The molecule has 7 nitrogen and oxygen atoms in total. The number of nitrogens with zero attached hydrogens (tertiary/aromatic N) is 2. The van der Waals surface area contributed by atoms with E-state index >= 15 is 0 Å². The molecule has 0 unspecified atom stereocenters. The summed E-state index contributed by atoms with van der Waals surface area (Å²) in [5.41, 5.74) is 1.04. The van der Waals surface area contributed by atoms with Gasteiger partial charge in [-0.05, 0) is 62.4 Å². The van der Waals surface area contributed by atoms with Crippen molar-refractivity contribution in [1.29, 1.82) is 0 Å². The fourth-order valence-corrected chi connectivity index (χ4v) is 4.06. The third kappa shape index (κ3) is 6.53. The molecule has 3 rings (SSSR count). The van der Waals surface area contributed by atoms with Crippen LogP contribution >= 0.6 is 0 Å². The van der Waals surface area contributed by atoms with Gasteiger partial charge in [0.2, 0.25) is 11.8 Å². The molecule has 2 amide bonds. The molecule has 0 aliphatic heterocycles. The van der Waals surface area contributed by atoms with Crippen molar-refractivity contribution in [2.75, 3.05) is 33.9 Å². The van der Waals surface area contributed by atoms with E-state index in [1.165, 1.54) is 0 Å². The van der Waals surface area contributed by atoms with Crippen LogP contribution in [-0.2, 0) is 22.6 Å². The smallest absolute Gasteiger partial charge is 0.242 e. The molecule has 1 aromatic carbocycles. The quantitative estimate of drug-likeness (QED) is 0.478. The van der Waals surface area contributed by atoms with Crippen LogP contribution in [0.15, 0.2) is 34.7 Å². The van der Waals surface area contributed by atoms with E-state index in [1.54, 1.807) is 24.0 Å². The number of rotatable bonds is 12. The van der Waals surface area contributed by atoms with Gasteiger partial charge in [0.1, 0.15) is 11.5 Å². The lowest BCUT2D eigenvalue weighted by molar-refractivity contribution is -0.145. The van der Waals surface area contributed by atoms with Crippen molar-refractivity contribution < 1.29 is 23.5 Å². The number of carbonyl (C=O) groups is 2. The molecule has 1 aliphatic carbocycles. The lowest BCUT2D eigenvalue weighted by Crippen LogP contribution is -2.46. The number of methoxy groups -OCH3 is 2. The molecule has 1 aliphatic rings. The van der Waals surface area contributed by atoms with Gasteiger partial charge in [-0.25, -0.2) is 0 Å². The van der Waals surface area contributed by atoms with Crippen LogP contribution in [-0.4, -0.2) is 55.5 Å². The van der Waals surface area contributed by atoms with Crippen molar-refractivity contribution >= 4 is 11.8 Å². The topological polar surface area (TPSA) is 72.2 Å². The summed E-state index contributed by atoms with van der Waals surface area (Å²) in [5.74, 6) is 3.01. The van der Waals surface area contributed by atoms with Gasteiger partial charge in [0, 0.05) is 19.0 Å². The van der Waals surface area contributed by atoms with Gasteiger partial charge >= 0.3 is 0 Å². The van der Waals surface area contributed by atoms with E-state index in [2.05, 4.69) is 0 Å². The molecule has 2 aromatic rings. The molecule has 1 aromatic heterocycles. The zero-order valence-corrected chi connectivity index (χ0v) is 20.3. The fourth-order valence-electron chi connectivity index (χ4n) is 4.06. The summed E-state index contributed by atoms with van der Waals surface area (Å²) in [6.45, 7) is 5.51. The summed E-state index contributed by atoms with van der Waals surface area (Å²) in [6.07, 6.45) is 4.44. The minimum absolute atomic E-state index is 0.0642. The van der Waals surface area contributed by atoms with E-state index in [0.717, 1.165) is 42.8 Å². The molecule has 0 saturated heterocycles. The Bertz CT molecular complexity index is 935. The number of carbonyl (C=O) groups excluding carboxylic acids is 2. The van der Waals surface area contributed by atoms with Crippen LogP contribution in [0.2, 0.25) is 0 Å². The van der Waals surface area contributed by atoms with Crippen LogP contribution in [0.5, 0.6) is 11.5 Å². The van der Waals surface area contributed by atoms with E-state index in [4.69, 9.17) is 13.9 Å². The van der Waals surface area contributed by atoms with Gasteiger partial charge in [-0.15, -0.1) is 0 Å². The molecule has 0 N–H and O–H groups in total. The number of aryl methyl sites for hydroxylation is 1. The van der Waals surface area contributed by atoms with Crippen molar-refractivity contribution in [3.8, 4) is 11.5 Å². The number of furan rings is 1. The molecule has 1 saturated carbocycles. The summed E-state index contributed by atoms with van der Waals surface area (Å²) in [6, 6.07) is 9.58. The minimum Gasteiger partial charge on any atom is -0.493 e. The van der Waals surface area contributed by atoms with Crippen LogP contribution in [0, 0.1) is 12.8 Å². The predicted molar refractivity (Wildman–Crippen MR) is 126 cm³/mol. The first-order valence-corrected chi connectivity index (χ1v) is 11.8. The molecular formula is C26H36N2O5. The molecule has 7 heteroatoms. The highest BCUT2D eigenvalue weighted by atomic mass is 16.5. The summed E-state index contributed by atoms with van der Waals surface area (Å²) < 4.78 is 16.5. The maximum Gasteiger partial charge on any atom is 0.242 e. The maximum atomic E-state index is 13.4. The highest BCUT2D eigenvalue weighted by Gasteiger charge is 2.31. The molecule has 0 spiro atoms. The van der Waals surface area contributed by atoms with Gasteiger partial charge in [0.05, 0.1) is 27.3 Å². The van der Waals surface area contributed by atoms with E-state index < -0.39 is 0 Å². The summed E-state index contributed by atoms with van der Waals surface area (Å²) in [5, 5.41) is 0. The van der Waals surface area contributed by atoms with Gasteiger partial charge in [0.25, 0.3) is 0 Å². The number of hydrogen-bond acceptors (Lipinski definition) is 5. The zero-order chi connectivity index (χ0) is 23.8. The Morgan fingerprint density at radius 3 is 2.36 bits per heavy atom. The van der Waals surface area contributed by atoms with Crippen LogP contribution in [0.3, 0.4) is 0 Å². The summed E-state index contributed by atoms with van der Waals surface area (Å²) in [4.78, 5) is 29.7. The molecule has 1 heterocycles. The van der Waals surface area contributed by atoms with Crippen LogP contribution in [0.25, 0.3) is 0 Å². The van der Waals surface area contributed by atoms with Gasteiger partial charge in [-0.3, -0.25) is 9.59 Å². The Morgan fingerprint density at radius 2 is 1.79 bits per heavy atom. The second-order valence-electron chi connectivity index (χ2n) is 8.65. The molecule has 0 radical (unpaired) electrons. The first-order chi connectivity index (χ1) is 15.9.